The third-order valence-corrected chi connectivity index (χ3v) is 4.24. The third kappa shape index (κ3) is 2.69. The highest BCUT2D eigenvalue weighted by Gasteiger charge is 2.30. The second-order valence-corrected chi connectivity index (χ2v) is 6.19. The Morgan fingerprint density at radius 1 is 1.24 bits per heavy atom. The number of benzene rings is 1. The van der Waals surface area contributed by atoms with Crippen LogP contribution in [-0.4, -0.2) is 25.5 Å². The third-order valence-electron chi connectivity index (χ3n) is 4.24. The summed E-state index contributed by atoms with van der Waals surface area (Å²) in [7, 11) is 0. The molecule has 0 radical (unpaired) electrons. The number of amides is 1. The van der Waals surface area contributed by atoms with Crippen molar-refractivity contribution < 1.29 is 9.53 Å². The van der Waals surface area contributed by atoms with Gasteiger partial charge in [-0.3, -0.25) is 4.79 Å². The molecule has 7 nitrogen and oxygen atoms in total. The highest BCUT2D eigenvalue weighted by molar-refractivity contribution is 5.93. The normalized spacial score (nSPS) is 14.1. The fourth-order valence-electron chi connectivity index (χ4n) is 2.76. The van der Waals surface area contributed by atoms with Gasteiger partial charge in [-0.15, -0.1) is 5.10 Å². The topological polar surface area (TPSA) is 84.3 Å². The average molecular weight is 333 g/mol. The number of imidazole rings is 1. The van der Waals surface area contributed by atoms with E-state index >= 15 is 0 Å². The number of aromatic nitrogens is 4. The standard InChI is InChI=1S/C18H15N5O2/c24-18(12-1-2-12)21-15-10-23-16(20-15)5-6-17(22-23)25-13-4-3-11-7-8-19-14(11)9-13/h3-10,12,19H,1-2H2,(H,21,24). The lowest BCUT2D eigenvalue weighted by molar-refractivity contribution is -0.117. The minimum absolute atomic E-state index is 0.0270. The summed E-state index contributed by atoms with van der Waals surface area (Å²) in [6, 6.07) is 11.4. The number of nitrogens with zero attached hydrogens (tertiary/aromatic N) is 3. The first-order valence-corrected chi connectivity index (χ1v) is 8.17. The second kappa shape index (κ2) is 5.34. The summed E-state index contributed by atoms with van der Waals surface area (Å²) in [5.74, 6) is 1.83. The van der Waals surface area contributed by atoms with Crippen LogP contribution in [0.4, 0.5) is 5.82 Å². The maximum absolute atomic E-state index is 11.8. The quantitative estimate of drug-likeness (QED) is 0.600. The Labute approximate surface area is 142 Å². The second-order valence-electron chi connectivity index (χ2n) is 6.19. The van der Waals surface area contributed by atoms with Crippen LogP contribution in [0.2, 0.25) is 0 Å². The van der Waals surface area contributed by atoms with Crippen molar-refractivity contribution in [2.45, 2.75) is 12.8 Å². The van der Waals surface area contributed by atoms with Gasteiger partial charge in [-0.2, -0.15) is 0 Å². The zero-order valence-corrected chi connectivity index (χ0v) is 13.3. The molecule has 1 aromatic carbocycles. The first-order valence-electron chi connectivity index (χ1n) is 8.17. The summed E-state index contributed by atoms with van der Waals surface area (Å²) in [4.78, 5) is 19.3. The molecular weight excluding hydrogens is 318 g/mol. The van der Waals surface area contributed by atoms with Gasteiger partial charge in [0.1, 0.15) is 5.75 Å². The van der Waals surface area contributed by atoms with E-state index in [-0.39, 0.29) is 11.8 Å². The molecule has 0 bridgehead atoms. The molecule has 1 fully saturated rings. The number of aromatic amines is 1. The Morgan fingerprint density at radius 2 is 2.16 bits per heavy atom. The number of hydrogen-bond acceptors (Lipinski definition) is 4. The molecule has 0 atom stereocenters. The molecule has 3 heterocycles. The Hall–Kier alpha value is -3.35. The summed E-state index contributed by atoms with van der Waals surface area (Å²) in [5, 5.41) is 8.35. The molecule has 0 spiro atoms. The van der Waals surface area contributed by atoms with Crippen LogP contribution in [-0.2, 0) is 4.79 Å². The van der Waals surface area contributed by atoms with E-state index in [1.165, 1.54) is 0 Å². The molecule has 1 aliphatic carbocycles. The van der Waals surface area contributed by atoms with Crippen molar-refractivity contribution in [2.75, 3.05) is 5.32 Å². The van der Waals surface area contributed by atoms with Crippen LogP contribution in [0, 0.1) is 5.92 Å². The molecule has 4 aromatic rings. The molecule has 3 aromatic heterocycles. The van der Waals surface area contributed by atoms with Gasteiger partial charge in [-0.1, -0.05) is 0 Å². The number of rotatable bonds is 4. The fourth-order valence-corrected chi connectivity index (χ4v) is 2.76. The largest absolute Gasteiger partial charge is 0.438 e. The van der Waals surface area contributed by atoms with Crippen LogP contribution in [0.3, 0.4) is 0 Å². The molecule has 0 saturated heterocycles. The number of H-pyrrole nitrogens is 1. The minimum Gasteiger partial charge on any atom is -0.438 e. The van der Waals surface area contributed by atoms with Crippen LogP contribution in [0.1, 0.15) is 12.8 Å². The molecule has 0 unspecified atom stereocenters. The fraction of sp³-hybridized carbons (Fsp3) is 0.167. The van der Waals surface area contributed by atoms with Crippen molar-refractivity contribution in [1.82, 2.24) is 19.6 Å². The molecule has 25 heavy (non-hydrogen) atoms. The minimum atomic E-state index is 0.0270. The van der Waals surface area contributed by atoms with Gasteiger partial charge in [-0.05, 0) is 42.5 Å². The lowest BCUT2D eigenvalue weighted by Crippen LogP contribution is -2.13. The summed E-state index contributed by atoms with van der Waals surface area (Å²) in [6.45, 7) is 0. The van der Waals surface area contributed by atoms with Gasteiger partial charge in [0, 0.05) is 29.8 Å². The number of fused-ring (bicyclic) bond motifs is 2. The number of nitrogens with one attached hydrogen (secondary N) is 2. The highest BCUT2D eigenvalue weighted by atomic mass is 16.5. The smallest absolute Gasteiger partial charge is 0.237 e. The number of carbonyl (C=O) groups excluding carboxylic acids is 1. The van der Waals surface area contributed by atoms with Crippen LogP contribution in [0.5, 0.6) is 11.6 Å². The molecule has 1 amide bonds. The van der Waals surface area contributed by atoms with Crippen molar-refractivity contribution in [2.24, 2.45) is 5.92 Å². The maximum Gasteiger partial charge on any atom is 0.237 e. The number of hydrogen-bond donors (Lipinski definition) is 2. The van der Waals surface area contributed by atoms with E-state index in [2.05, 4.69) is 20.4 Å². The Kier molecular flexibility index (Phi) is 3.00. The molecule has 1 aliphatic rings. The average Bonchev–Trinajstić information content (AvgIpc) is 3.23. The monoisotopic (exact) mass is 333 g/mol. The lowest BCUT2D eigenvalue weighted by atomic mass is 10.2. The van der Waals surface area contributed by atoms with Crippen LogP contribution in [0.15, 0.2) is 48.8 Å². The van der Waals surface area contributed by atoms with Gasteiger partial charge < -0.3 is 15.0 Å². The summed E-state index contributed by atoms with van der Waals surface area (Å²) in [5.41, 5.74) is 1.66. The lowest BCUT2D eigenvalue weighted by Gasteiger charge is -2.04. The first kappa shape index (κ1) is 14.0. The molecule has 124 valence electrons. The van der Waals surface area contributed by atoms with Crippen LogP contribution >= 0.6 is 0 Å². The summed E-state index contributed by atoms with van der Waals surface area (Å²) < 4.78 is 7.44. The Bertz CT molecular complexity index is 1090. The first-order chi connectivity index (χ1) is 12.2. The van der Waals surface area contributed by atoms with E-state index in [1.807, 2.05) is 36.5 Å². The van der Waals surface area contributed by atoms with Crippen molar-refractivity contribution in [1.29, 1.82) is 0 Å². The van der Waals surface area contributed by atoms with Gasteiger partial charge in [-0.25, -0.2) is 9.50 Å². The van der Waals surface area contributed by atoms with Gasteiger partial charge in [0.15, 0.2) is 11.5 Å². The number of ether oxygens (including phenoxy) is 1. The summed E-state index contributed by atoms with van der Waals surface area (Å²) in [6.07, 6.45) is 5.50. The van der Waals surface area contributed by atoms with Crippen molar-refractivity contribution in [3.05, 3.63) is 48.8 Å². The van der Waals surface area contributed by atoms with E-state index < -0.39 is 0 Å². The Morgan fingerprint density at radius 3 is 3.04 bits per heavy atom. The zero-order valence-electron chi connectivity index (χ0n) is 13.3. The predicted octanol–water partition coefficient (Wildman–Crippen LogP) is 3.35. The Balaban J connectivity index is 1.40. The van der Waals surface area contributed by atoms with E-state index in [1.54, 1.807) is 16.8 Å². The molecule has 5 rings (SSSR count). The molecule has 2 N–H and O–H groups in total. The number of carbonyl (C=O) groups is 1. The van der Waals surface area contributed by atoms with Gasteiger partial charge in [0.2, 0.25) is 11.8 Å². The van der Waals surface area contributed by atoms with Gasteiger partial charge in [0.05, 0.1) is 6.20 Å². The molecule has 0 aliphatic heterocycles. The number of anilines is 1. The van der Waals surface area contributed by atoms with Crippen LogP contribution in [0.25, 0.3) is 16.6 Å². The van der Waals surface area contributed by atoms with E-state index in [4.69, 9.17) is 4.74 Å². The zero-order chi connectivity index (χ0) is 16.8. The molecule has 7 heteroatoms. The predicted molar refractivity (Wildman–Crippen MR) is 92.7 cm³/mol. The van der Waals surface area contributed by atoms with E-state index in [0.717, 1.165) is 23.7 Å². The molecular formula is C18H15N5O2. The van der Waals surface area contributed by atoms with Gasteiger partial charge in [0.25, 0.3) is 0 Å². The van der Waals surface area contributed by atoms with E-state index in [0.29, 0.717) is 23.1 Å². The van der Waals surface area contributed by atoms with Crippen molar-refractivity contribution >= 4 is 28.3 Å². The van der Waals surface area contributed by atoms with Crippen LogP contribution < -0.4 is 10.1 Å². The van der Waals surface area contributed by atoms with Crippen molar-refractivity contribution in [3.8, 4) is 11.6 Å². The van der Waals surface area contributed by atoms with Gasteiger partial charge >= 0.3 is 0 Å². The molecule has 1 saturated carbocycles. The highest BCUT2D eigenvalue weighted by Crippen LogP contribution is 2.30. The maximum atomic E-state index is 11.8. The SMILES string of the molecule is O=C(Nc1cn2nc(Oc3ccc4cc[nH]c4c3)ccc2n1)C1CC1. The van der Waals surface area contributed by atoms with E-state index in [9.17, 15) is 4.79 Å². The van der Waals surface area contributed by atoms with Crippen molar-refractivity contribution in [3.63, 3.8) is 0 Å². The summed E-state index contributed by atoms with van der Waals surface area (Å²) >= 11 is 0.